The highest BCUT2D eigenvalue weighted by Crippen LogP contribution is 2.17. The lowest BCUT2D eigenvalue weighted by Gasteiger charge is -2.17. The lowest BCUT2D eigenvalue weighted by molar-refractivity contribution is 0.0698. The third-order valence-corrected chi connectivity index (χ3v) is 2.66. The molecule has 1 aromatic rings. The fraction of sp³-hybridized carbons (Fsp3) is 0.429. The topological polar surface area (TPSA) is 78.4 Å². The van der Waals surface area contributed by atoms with E-state index in [9.17, 15) is 14.0 Å². The van der Waals surface area contributed by atoms with Gasteiger partial charge in [-0.25, -0.2) is 14.0 Å². The Balaban J connectivity index is 2.75. The van der Waals surface area contributed by atoms with Crippen LogP contribution >= 0.6 is 0 Å². The third kappa shape index (κ3) is 4.87. The molecule has 3 N–H and O–H groups in total. The summed E-state index contributed by atoms with van der Waals surface area (Å²) >= 11 is 0. The first-order chi connectivity index (χ1) is 9.29. The van der Waals surface area contributed by atoms with Gasteiger partial charge in [0, 0.05) is 6.04 Å². The zero-order valence-electron chi connectivity index (χ0n) is 11.7. The minimum Gasteiger partial charge on any atom is -0.478 e. The van der Waals surface area contributed by atoms with Crippen molar-refractivity contribution in [3.8, 4) is 0 Å². The van der Waals surface area contributed by atoms with Gasteiger partial charge in [0.15, 0.2) is 0 Å². The average Bonchev–Trinajstić information content (AvgIpc) is 2.26. The number of carbonyl (C=O) groups excluding carboxylic acids is 1. The van der Waals surface area contributed by atoms with Gasteiger partial charge in [0.25, 0.3) is 0 Å². The number of nitrogens with one attached hydrogen (secondary N) is 2. The number of hydrogen-bond donors (Lipinski definition) is 3. The summed E-state index contributed by atoms with van der Waals surface area (Å²) in [7, 11) is 0. The number of urea groups is 1. The van der Waals surface area contributed by atoms with Gasteiger partial charge in [0.2, 0.25) is 0 Å². The van der Waals surface area contributed by atoms with Gasteiger partial charge in [-0.3, -0.25) is 0 Å². The number of rotatable bonds is 5. The second-order valence-corrected chi connectivity index (χ2v) is 5.12. The van der Waals surface area contributed by atoms with Crippen LogP contribution in [-0.2, 0) is 0 Å². The normalized spacial score (nSPS) is 12.1. The lowest BCUT2D eigenvalue weighted by Crippen LogP contribution is -2.37. The minimum atomic E-state index is -1.23. The molecule has 0 aromatic heterocycles. The summed E-state index contributed by atoms with van der Waals surface area (Å²) in [4.78, 5) is 22.7. The second-order valence-electron chi connectivity index (χ2n) is 5.12. The molecule has 0 fully saturated rings. The van der Waals surface area contributed by atoms with Crippen molar-refractivity contribution in [1.29, 1.82) is 0 Å². The van der Waals surface area contributed by atoms with Crippen molar-refractivity contribution in [3.05, 3.63) is 29.6 Å². The average molecular weight is 282 g/mol. The molecule has 0 heterocycles. The highest BCUT2D eigenvalue weighted by atomic mass is 19.1. The fourth-order valence-electron chi connectivity index (χ4n) is 1.95. The molecule has 2 amide bonds. The van der Waals surface area contributed by atoms with Crippen LogP contribution in [0.4, 0.5) is 14.9 Å². The number of hydrogen-bond acceptors (Lipinski definition) is 2. The smallest absolute Gasteiger partial charge is 0.337 e. The quantitative estimate of drug-likeness (QED) is 0.776. The molecule has 6 heteroatoms. The van der Waals surface area contributed by atoms with E-state index in [1.165, 1.54) is 0 Å². The van der Waals surface area contributed by atoms with Crippen LogP contribution in [0, 0.1) is 11.7 Å². The van der Waals surface area contributed by atoms with Gasteiger partial charge >= 0.3 is 12.0 Å². The highest BCUT2D eigenvalue weighted by molar-refractivity contribution is 6.00. The van der Waals surface area contributed by atoms with Crippen LogP contribution in [-0.4, -0.2) is 23.1 Å². The van der Waals surface area contributed by atoms with Crippen molar-refractivity contribution >= 4 is 17.7 Å². The number of benzene rings is 1. The van der Waals surface area contributed by atoms with Gasteiger partial charge in [-0.2, -0.15) is 0 Å². The van der Waals surface area contributed by atoms with E-state index in [-0.39, 0.29) is 17.3 Å². The van der Waals surface area contributed by atoms with Gasteiger partial charge in [0.05, 0.1) is 11.3 Å². The van der Waals surface area contributed by atoms with Crippen LogP contribution in [0.2, 0.25) is 0 Å². The maximum Gasteiger partial charge on any atom is 0.337 e. The number of carboxylic acid groups (broad SMARTS) is 1. The zero-order valence-corrected chi connectivity index (χ0v) is 11.7. The molecule has 110 valence electrons. The Labute approximate surface area is 117 Å². The number of anilines is 1. The van der Waals surface area contributed by atoms with Crippen molar-refractivity contribution in [1.82, 2.24) is 5.32 Å². The largest absolute Gasteiger partial charge is 0.478 e. The molecule has 0 aliphatic rings. The van der Waals surface area contributed by atoms with E-state index < -0.39 is 17.8 Å². The molecular weight excluding hydrogens is 263 g/mol. The minimum absolute atomic E-state index is 0.0585. The van der Waals surface area contributed by atoms with Crippen molar-refractivity contribution < 1.29 is 19.1 Å². The molecule has 1 unspecified atom stereocenters. The number of aromatic carboxylic acids is 1. The van der Waals surface area contributed by atoms with E-state index in [2.05, 4.69) is 10.6 Å². The predicted octanol–water partition coefficient (Wildman–Crippen LogP) is 3.08. The van der Waals surface area contributed by atoms with Crippen molar-refractivity contribution in [2.24, 2.45) is 5.92 Å². The number of carbonyl (C=O) groups is 2. The SMILES string of the molecule is CC(C)CC(C)NC(=O)Nc1cc(F)ccc1C(=O)O. The molecule has 0 spiro atoms. The highest BCUT2D eigenvalue weighted by Gasteiger charge is 2.15. The molecule has 0 saturated carbocycles. The number of halogens is 1. The second kappa shape index (κ2) is 6.88. The molecular formula is C14H19FN2O3. The summed E-state index contributed by atoms with van der Waals surface area (Å²) in [6, 6.07) is 2.53. The monoisotopic (exact) mass is 282 g/mol. The molecule has 5 nitrogen and oxygen atoms in total. The molecule has 0 aliphatic carbocycles. The Morgan fingerprint density at radius 2 is 1.95 bits per heavy atom. The molecule has 0 radical (unpaired) electrons. The first kappa shape index (κ1) is 15.9. The summed E-state index contributed by atoms with van der Waals surface area (Å²) in [5.74, 6) is -1.41. The third-order valence-electron chi connectivity index (χ3n) is 2.66. The van der Waals surface area contributed by atoms with Gasteiger partial charge in [-0.1, -0.05) is 13.8 Å². The zero-order chi connectivity index (χ0) is 15.3. The van der Waals surface area contributed by atoms with E-state index >= 15 is 0 Å². The van der Waals surface area contributed by atoms with Crippen LogP contribution in [0.1, 0.15) is 37.6 Å². The van der Waals surface area contributed by atoms with Crippen LogP contribution < -0.4 is 10.6 Å². The number of amides is 2. The maximum atomic E-state index is 13.1. The van der Waals surface area contributed by atoms with Crippen LogP contribution in [0.3, 0.4) is 0 Å². The van der Waals surface area contributed by atoms with Crippen molar-refractivity contribution in [3.63, 3.8) is 0 Å². The number of carboxylic acids is 1. The Morgan fingerprint density at radius 3 is 2.50 bits per heavy atom. The standard InChI is InChI=1S/C14H19FN2O3/c1-8(2)6-9(3)16-14(20)17-12-7-10(15)4-5-11(12)13(18)19/h4-5,7-9H,6H2,1-3H3,(H,18,19)(H2,16,17,20). The van der Waals surface area contributed by atoms with Crippen LogP contribution in [0.5, 0.6) is 0 Å². The molecule has 1 rings (SSSR count). The van der Waals surface area contributed by atoms with Gasteiger partial charge in [-0.15, -0.1) is 0 Å². The fourth-order valence-corrected chi connectivity index (χ4v) is 1.95. The van der Waals surface area contributed by atoms with Gasteiger partial charge in [0.1, 0.15) is 5.82 Å². The van der Waals surface area contributed by atoms with Crippen molar-refractivity contribution in [2.45, 2.75) is 33.2 Å². The van der Waals surface area contributed by atoms with Crippen LogP contribution in [0.25, 0.3) is 0 Å². The molecule has 20 heavy (non-hydrogen) atoms. The Hall–Kier alpha value is -2.11. The Morgan fingerprint density at radius 1 is 1.30 bits per heavy atom. The Bertz CT molecular complexity index is 503. The summed E-state index contributed by atoms with van der Waals surface area (Å²) in [5, 5.41) is 14.0. The first-order valence-corrected chi connectivity index (χ1v) is 6.40. The lowest BCUT2D eigenvalue weighted by atomic mass is 10.1. The summed E-state index contributed by atoms with van der Waals surface area (Å²) in [6.45, 7) is 5.92. The van der Waals surface area contributed by atoms with E-state index in [0.717, 1.165) is 24.6 Å². The molecule has 1 atom stereocenters. The maximum absolute atomic E-state index is 13.1. The predicted molar refractivity (Wildman–Crippen MR) is 74.4 cm³/mol. The van der Waals surface area contributed by atoms with Crippen molar-refractivity contribution in [2.75, 3.05) is 5.32 Å². The molecule has 0 saturated heterocycles. The van der Waals surface area contributed by atoms with E-state index in [0.29, 0.717) is 5.92 Å². The summed E-state index contributed by atoms with van der Waals surface area (Å²) in [5.41, 5.74) is -0.218. The molecule has 1 aromatic carbocycles. The van der Waals surface area contributed by atoms with Gasteiger partial charge < -0.3 is 15.7 Å². The molecule has 0 aliphatic heterocycles. The first-order valence-electron chi connectivity index (χ1n) is 6.40. The Kier molecular flexibility index (Phi) is 5.49. The van der Waals surface area contributed by atoms with Gasteiger partial charge in [-0.05, 0) is 37.5 Å². The van der Waals surface area contributed by atoms with E-state index in [1.807, 2.05) is 20.8 Å². The molecule has 0 bridgehead atoms. The van der Waals surface area contributed by atoms with E-state index in [1.54, 1.807) is 0 Å². The summed E-state index contributed by atoms with van der Waals surface area (Å²) < 4.78 is 13.1. The summed E-state index contributed by atoms with van der Waals surface area (Å²) in [6.07, 6.45) is 0.794. The van der Waals surface area contributed by atoms with E-state index in [4.69, 9.17) is 5.11 Å². The van der Waals surface area contributed by atoms with Crippen LogP contribution in [0.15, 0.2) is 18.2 Å².